The molecule has 2 rings (SSSR count). The summed E-state index contributed by atoms with van der Waals surface area (Å²) in [6, 6.07) is 5.00. The van der Waals surface area contributed by atoms with Crippen LogP contribution in [-0.2, 0) is 9.59 Å². The Morgan fingerprint density at radius 3 is 2.71 bits per heavy atom. The zero-order chi connectivity index (χ0) is 15.4. The van der Waals surface area contributed by atoms with E-state index in [0.717, 1.165) is 9.78 Å². The van der Waals surface area contributed by atoms with Crippen molar-refractivity contribution < 1.29 is 24.0 Å². The highest BCUT2D eigenvalue weighted by molar-refractivity contribution is 7.13. The first-order valence-electron chi connectivity index (χ1n) is 5.77. The van der Waals surface area contributed by atoms with Crippen LogP contribution in [0.25, 0.3) is 10.6 Å². The third-order valence-electron chi connectivity index (χ3n) is 2.45. The molecule has 2 aromatic rings. The highest BCUT2D eigenvalue weighted by Crippen LogP contribution is 2.25. The molecule has 0 bridgehead atoms. The normalized spacial score (nSPS) is 10.3. The summed E-state index contributed by atoms with van der Waals surface area (Å²) in [5.41, 5.74) is 4.92. The average Bonchev–Trinajstić information content (AvgIpc) is 3.06. The van der Waals surface area contributed by atoms with Crippen LogP contribution < -0.4 is 5.73 Å². The van der Waals surface area contributed by atoms with Crippen LogP contribution in [0.5, 0.6) is 0 Å². The van der Waals surface area contributed by atoms with E-state index in [1.807, 2.05) is 11.4 Å². The minimum Gasteiger partial charge on any atom is -0.480 e. The molecule has 0 aliphatic rings. The van der Waals surface area contributed by atoms with Gasteiger partial charge in [0.25, 0.3) is 5.91 Å². The van der Waals surface area contributed by atoms with Crippen molar-refractivity contribution >= 4 is 29.1 Å². The van der Waals surface area contributed by atoms with E-state index < -0.39 is 30.9 Å². The van der Waals surface area contributed by atoms with E-state index in [-0.39, 0.29) is 5.69 Å². The van der Waals surface area contributed by atoms with Crippen LogP contribution in [0, 0.1) is 0 Å². The first-order valence-corrected chi connectivity index (χ1v) is 6.65. The topological polar surface area (TPSA) is 127 Å². The van der Waals surface area contributed by atoms with Crippen LogP contribution in [-0.4, -0.2) is 46.0 Å². The molecule has 0 aliphatic heterocycles. The fourth-order valence-electron chi connectivity index (χ4n) is 1.62. The van der Waals surface area contributed by atoms with Crippen molar-refractivity contribution in [2.75, 3.05) is 13.1 Å². The lowest BCUT2D eigenvalue weighted by Crippen LogP contribution is -2.41. The minimum atomic E-state index is -1.26. The van der Waals surface area contributed by atoms with Gasteiger partial charge >= 0.3 is 5.97 Å². The van der Waals surface area contributed by atoms with E-state index in [1.165, 1.54) is 17.4 Å². The number of aliphatic carboxylic acids is 1. The number of primary amides is 1. The van der Waals surface area contributed by atoms with Gasteiger partial charge in [0.2, 0.25) is 5.91 Å². The van der Waals surface area contributed by atoms with E-state index in [4.69, 9.17) is 15.4 Å². The molecule has 9 heteroatoms. The van der Waals surface area contributed by atoms with Crippen molar-refractivity contribution in [3.63, 3.8) is 0 Å². The van der Waals surface area contributed by atoms with Crippen molar-refractivity contribution in [2.45, 2.75) is 0 Å². The second-order valence-electron chi connectivity index (χ2n) is 4.07. The predicted octanol–water partition coefficient (Wildman–Crippen LogP) is 0.415. The van der Waals surface area contributed by atoms with Gasteiger partial charge in [-0.25, -0.2) is 0 Å². The van der Waals surface area contributed by atoms with Crippen molar-refractivity contribution in [2.24, 2.45) is 5.73 Å². The molecule has 0 saturated carbocycles. The first-order chi connectivity index (χ1) is 9.97. The summed E-state index contributed by atoms with van der Waals surface area (Å²) in [6.45, 7) is -1.16. The molecule has 8 nitrogen and oxygen atoms in total. The predicted molar refractivity (Wildman–Crippen MR) is 72.5 cm³/mol. The van der Waals surface area contributed by atoms with Crippen LogP contribution in [0.2, 0.25) is 0 Å². The minimum absolute atomic E-state index is 0.0825. The number of amides is 2. The molecule has 2 aromatic heterocycles. The molecule has 21 heavy (non-hydrogen) atoms. The lowest BCUT2D eigenvalue weighted by molar-refractivity contribution is -0.138. The van der Waals surface area contributed by atoms with Gasteiger partial charge in [0.15, 0.2) is 11.5 Å². The number of rotatable bonds is 6. The van der Waals surface area contributed by atoms with E-state index >= 15 is 0 Å². The maximum Gasteiger partial charge on any atom is 0.323 e. The summed E-state index contributed by atoms with van der Waals surface area (Å²) < 4.78 is 5.04. The molecular weight excluding hydrogens is 298 g/mol. The molecule has 3 N–H and O–H groups in total. The molecular formula is C12H11N3O5S. The number of nitrogens with two attached hydrogens (primary N) is 1. The van der Waals surface area contributed by atoms with E-state index in [2.05, 4.69) is 5.16 Å². The Bertz CT molecular complexity index is 648. The van der Waals surface area contributed by atoms with Crippen LogP contribution in [0.1, 0.15) is 10.5 Å². The lowest BCUT2D eigenvalue weighted by atomic mass is 10.3. The van der Waals surface area contributed by atoms with E-state index in [0.29, 0.717) is 5.76 Å². The Morgan fingerprint density at radius 2 is 2.14 bits per heavy atom. The third-order valence-corrected chi connectivity index (χ3v) is 3.34. The Kier molecular flexibility index (Phi) is 4.33. The molecule has 0 atom stereocenters. The SMILES string of the molecule is NC(=O)CN(CC(=O)O)C(=O)c1cc(-c2cccs2)on1. The molecule has 0 radical (unpaired) electrons. The molecule has 0 spiro atoms. The molecule has 0 fully saturated rings. The van der Waals surface area contributed by atoms with Gasteiger partial charge in [-0.3, -0.25) is 14.4 Å². The Morgan fingerprint density at radius 1 is 1.38 bits per heavy atom. The standard InChI is InChI=1S/C12H11N3O5S/c13-10(16)5-15(6-11(17)18)12(19)7-4-8(20-14-7)9-2-1-3-21-9/h1-4H,5-6H2,(H2,13,16)(H,17,18). The van der Waals surface area contributed by atoms with Crippen molar-refractivity contribution in [3.8, 4) is 10.6 Å². The highest BCUT2D eigenvalue weighted by Gasteiger charge is 2.23. The van der Waals surface area contributed by atoms with Crippen LogP contribution in [0.15, 0.2) is 28.1 Å². The summed E-state index contributed by atoms with van der Waals surface area (Å²) in [7, 11) is 0. The number of aromatic nitrogens is 1. The van der Waals surface area contributed by atoms with Gasteiger partial charge < -0.3 is 20.3 Å². The number of carbonyl (C=O) groups is 3. The summed E-state index contributed by atoms with van der Waals surface area (Å²) in [6.07, 6.45) is 0. The zero-order valence-electron chi connectivity index (χ0n) is 10.7. The van der Waals surface area contributed by atoms with Crippen LogP contribution in [0.4, 0.5) is 0 Å². The molecule has 0 saturated heterocycles. The fraction of sp³-hybridized carbons (Fsp3) is 0.167. The largest absolute Gasteiger partial charge is 0.480 e. The van der Waals surface area contributed by atoms with Gasteiger partial charge in [-0.05, 0) is 11.4 Å². The first kappa shape index (κ1) is 14.7. The number of hydrogen-bond acceptors (Lipinski definition) is 6. The Hall–Kier alpha value is -2.68. The second-order valence-corrected chi connectivity index (χ2v) is 5.02. The summed E-state index contributed by atoms with van der Waals surface area (Å²) in [5.74, 6) is -2.41. The monoisotopic (exact) mass is 309 g/mol. The zero-order valence-corrected chi connectivity index (χ0v) is 11.5. The van der Waals surface area contributed by atoms with Crippen LogP contribution in [0.3, 0.4) is 0 Å². The Labute approximate surface area is 122 Å². The number of nitrogens with zero attached hydrogens (tertiary/aromatic N) is 2. The summed E-state index contributed by atoms with van der Waals surface area (Å²) >= 11 is 1.40. The van der Waals surface area contributed by atoms with Crippen molar-refractivity contribution in [1.82, 2.24) is 10.1 Å². The smallest absolute Gasteiger partial charge is 0.323 e. The maximum atomic E-state index is 12.1. The molecule has 110 valence electrons. The highest BCUT2D eigenvalue weighted by atomic mass is 32.1. The van der Waals surface area contributed by atoms with E-state index in [1.54, 1.807) is 6.07 Å². The van der Waals surface area contributed by atoms with Gasteiger partial charge in [-0.15, -0.1) is 11.3 Å². The maximum absolute atomic E-state index is 12.1. The third kappa shape index (κ3) is 3.66. The van der Waals surface area contributed by atoms with Crippen molar-refractivity contribution in [3.05, 3.63) is 29.3 Å². The van der Waals surface area contributed by atoms with E-state index in [9.17, 15) is 14.4 Å². The summed E-state index contributed by atoms with van der Waals surface area (Å²) in [5, 5.41) is 14.2. The van der Waals surface area contributed by atoms with Gasteiger partial charge in [0.1, 0.15) is 13.1 Å². The molecule has 0 unspecified atom stereocenters. The van der Waals surface area contributed by atoms with Gasteiger partial charge in [0, 0.05) is 6.07 Å². The molecule has 0 aromatic carbocycles. The average molecular weight is 309 g/mol. The number of carbonyl (C=O) groups excluding carboxylic acids is 2. The fourth-order valence-corrected chi connectivity index (χ4v) is 2.30. The molecule has 0 aliphatic carbocycles. The Balaban J connectivity index is 2.20. The number of hydrogen-bond donors (Lipinski definition) is 2. The quantitative estimate of drug-likeness (QED) is 0.796. The number of thiophene rings is 1. The second kappa shape index (κ2) is 6.18. The molecule has 2 amide bonds. The van der Waals surface area contributed by atoms with Gasteiger partial charge in [-0.1, -0.05) is 11.2 Å². The van der Waals surface area contributed by atoms with Crippen LogP contribution >= 0.6 is 11.3 Å². The van der Waals surface area contributed by atoms with Gasteiger partial charge in [-0.2, -0.15) is 0 Å². The summed E-state index contributed by atoms with van der Waals surface area (Å²) in [4.78, 5) is 35.3. The van der Waals surface area contributed by atoms with Crippen molar-refractivity contribution in [1.29, 1.82) is 0 Å². The lowest BCUT2D eigenvalue weighted by Gasteiger charge is -2.16. The van der Waals surface area contributed by atoms with Gasteiger partial charge in [0.05, 0.1) is 4.88 Å². The number of carboxylic acid groups (broad SMARTS) is 1. The number of carboxylic acids is 1. The molecule has 2 heterocycles.